The summed E-state index contributed by atoms with van der Waals surface area (Å²) in [5.74, 6) is -1.58. The van der Waals surface area contributed by atoms with Crippen molar-refractivity contribution in [2.75, 3.05) is 0 Å². The van der Waals surface area contributed by atoms with Crippen molar-refractivity contribution in [3.05, 3.63) is 357 Å². The van der Waals surface area contributed by atoms with Crippen LogP contribution in [0, 0.1) is 0 Å². The van der Waals surface area contributed by atoms with Gasteiger partial charge in [0.1, 0.15) is 13.2 Å². The lowest BCUT2D eigenvalue weighted by Gasteiger charge is -2.30. The average molecular weight is 1280 g/mol. The van der Waals surface area contributed by atoms with Gasteiger partial charge in [-0.15, -0.1) is 9.98 Å². The van der Waals surface area contributed by atoms with Gasteiger partial charge in [0.05, 0.1) is 24.2 Å². The molecule has 8 N–H and O–H groups in total. The molecule has 10 aromatic carbocycles. The molecule has 6 amide bonds. The predicted octanol–water partition coefficient (Wildman–Crippen LogP) is 12.4. The van der Waals surface area contributed by atoms with Crippen molar-refractivity contribution >= 4 is 47.7 Å². The van der Waals surface area contributed by atoms with Crippen LogP contribution in [0.5, 0.6) is 0 Å². The number of hydrogen-bond acceptors (Lipinski definition) is 8. The van der Waals surface area contributed by atoms with Gasteiger partial charge in [0.15, 0.2) is 0 Å². The van der Waals surface area contributed by atoms with E-state index in [1.54, 1.807) is 72.8 Å². The number of guanidine groups is 2. The van der Waals surface area contributed by atoms with Crippen LogP contribution >= 0.6 is 0 Å². The van der Waals surface area contributed by atoms with Crippen LogP contribution in [0.3, 0.4) is 0 Å². The Hall–Kier alpha value is -12.4. The first-order valence-electron chi connectivity index (χ1n) is 31.4. The number of hydrogen-bond donors (Lipinski definition) is 8. The molecule has 18 heteroatoms. The maximum atomic E-state index is 14.8. The molecule has 4 atom stereocenters. The highest BCUT2D eigenvalue weighted by molar-refractivity contribution is 5.98. The van der Waals surface area contributed by atoms with Crippen LogP contribution < -0.4 is 42.5 Å². The zero-order valence-corrected chi connectivity index (χ0v) is 52.3. The topological polar surface area (TPSA) is 242 Å². The van der Waals surface area contributed by atoms with Gasteiger partial charge in [-0.2, -0.15) is 0 Å². The fourth-order valence-corrected chi connectivity index (χ4v) is 11.0. The molecular weight excluding hydrogens is 1200 g/mol. The molecule has 8 bridgehead atoms. The molecule has 0 spiro atoms. The molecule has 0 saturated heterocycles. The van der Waals surface area contributed by atoms with E-state index in [1.807, 2.05) is 206 Å². The summed E-state index contributed by atoms with van der Waals surface area (Å²) in [7, 11) is 0. The number of carbonyl (C=O) groups is 6. The Bertz CT molecular complexity index is 3860. The minimum atomic E-state index is -0.864. The van der Waals surface area contributed by atoms with E-state index in [-0.39, 0.29) is 51.3 Å². The second-order valence-corrected chi connectivity index (χ2v) is 22.7. The summed E-state index contributed by atoms with van der Waals surface area (Å²) >= 11 is 0. The first-order valence-corrected chi connectivity index (χ1v) is 31.4. The number of ether oxygens (including phenoxy) is 2. The molecule has 0 aliphatic carbocycles. The van der Waals surface area contributed by atoms with E-state index in [4.69, 9.17) is 9.47 Å². The summed E-state index contributed by atoms with van der Waals surface area (Å²) in [5, 5.41) is 26.0. The van der Waals surface area contributed by atoms with Crippen LogP contribution in [0.4, 0.5) is 9.59 Å². The maximum absolute atomic E-state index is 14.8. The summed E-state index contributed by atoms with van der Waals surface area (Å²) in [4.78, 5) is 94.6. The molecular formula is C78H70N10O8. The zero-order chi connectivity index (χ0) is 66.3. The Morgan fingerprint density at radius 3 is 0.771 bits per heavy atom. The second-order valence-electron chi connectivity index (χ2n) is 22.7. The second kappa shape index (κ2) is 32.7. The Morgan fingerprint density at radius 2 is 0.531 bits per heavy atom. The number of rotatable bonds is 8. The third-order valence-corrected chi connectivity index (χ3v) is 15.9. The third-order valence-electron chi connectivity index (χ3n) is 15.9. The average Bonchev–Trinajstić information content (AvgIpc) is 1.12. The molecule has 0 fully saturated rings. The van der Waals surface area contributed by atoms with Crippen LogP contribution in [0.2, 0.25) is 0 Å². The largest absolute Gasteiger partial charge is 0.443 e. The molecule has 480 valence electrons. The van der Waals surface area contributed by atoms with Gasteiger partial charge in [0.25, 0.3) is 23.6 Å². The molecule has 11 rings (SSSR count). The van der Waals surface area contributed by atoms with Crippen molar-refractivity contribution in [2.45, 2.75) is 63.6 Å². The van der Waals surface area contributed by atoms with Gasteiger partial charge in [0.2, 0.25) is 11.9 Å². The van der Waals surface area contributed by atoms with Gasteiger partial charge in [-0.3, -0.25) is 19.2 Å². The summed E-state index contributed by atoms with van der Waals surface area (Å²) in [6, 6.07) is 80.9. The molecule has 1 aliphatic rings. The zero-order valence-electron chi connectivity index (χ0n) is 52.3. The fourth-order valence-electron chi connectivity index (χ4n) is 11.0. The number of aliphatic imine (C=N–C) groups is 2. The van der Waals surface area contributed by atoms with Crippen molar-refractivity contribution in [1.29, 1.82) is 0 Å². The van der Waals surface area contributed by atoms with Crippen molar-refractivity contribution in [3.8, 4) is 0 Å². The first-order chi connectivity index (χ1) is 47.0. The van der Waals surface area contributed by atoms with Crippen molar-refractivity contribution < 1.29 is 38.2 Å². The molecule has 96 heavy (non-hydrogen) atoms. The van der Waals surface area contributed by atoms with E-state index in [0.29, 0.717) is 44.5 Å². The van der Waals surface area contributed by atoms with Gasteiger partial charge in [0, 0.05) is 48.4 Å². The van der Waals surface area contributed by atoms with E-state index in [1.165, 1.54) is 0 Å². The highest BCUT2D eigenvalue weighted by atomic mass is 16.5. The normalized spacial score (nSPS) is 16.6. The van der Waals surface area contributed by atoms with E-state index in [9.17, 15) is 28.8 Å². The van der Waals surface area contributed by atoms with Crippen LogP contribution in [-0.2, 0) is 48.9 Å². The van der Waals surface area contributed by atoms with E-state index in [0.717, 1.165) is 33.4 Å². The highest BCUT2D eigenvalue weighted by Gasteiger charge is 2.31. The number of carbonyl (C=O) groups excluding carboxylic acids is 6. The summed E-state index contributed by atoms with van der Waals surface area (Å²) < 4.78 is 11.2. The monoisotopic (exact) mass is 1270 g/mol. The van der Waals surface area contributed by atoms with Gasteiger partial charge >= 0.3 is 12.2 Å². The van der Waals surface area contributed by atoms with Gasteiger partial charge in [-0.1, -0.05) is 231 Å². The van der Waals surface area contributed by atoms with Gasteiger partial charge in [-0.25, -0.2) is 9.59 Å². The molecule has 0 saturated carbocycles. The summed E-state index contributed by atoms with van der Waals surface area (Å²) in [6.45, 7) is 0.340. The lowest BCUT2D eigenvalue weighted by Crippen LogP contribution is -2.41. The number of fused-ring (bicyclic) bond motifs is 8. The Balaban J connectivity index is 0.941. The standard InChI is InChI=1S/C78H70N10O8/c89-71-63-39-19-27-55(43-63)47-79-75(87-77(93)95-51-53-23-7-1-8-24-53)80-48-56-28-20-40-64(44-56)72(90)84-68(60-33-13-4-14-34-60)70(62-37-17-6-18-38-62)86-74(92)66-42-22-30-58(46-66)50-82-76(88-78(94)96-52-54-25-9-2-10-26-54)81-49-57-29-21-41-65(45-57)73(91)85-69(61-35-15-5-16-36-61)67(83-71)59-31-11-3-12-32-59/h1-46,67-70H,47-52H2,(H,83,89)(H,84,90)(H,85,91)(H,86,92)(H2,79,80,87,93)(H2,81,82,88,94)/t67-,68-,69-,70-/m0/s1. The predicted molar refractivity (Wildman–Crippen MR) is 368 cm³/mol. The SMILES string of the molecule is O=C(N=C1NCc2cccc(c2)C(=O)N[C@@H](c2ccccc2)[C@H](c2ccccc2)NC(=O)c2cccc(c2)CNC(=NC(=O)OCc2ccccc2)NCc2cccc(c2)C(=O)N[C@@H](c2ccccc2)[C@H](c2ccccc2)NC(=O)c2cccc(c2)CN1)OCc1ccccc1. The third kappa shape index (κ3) is 18.4. The Labute approximate surface area is 556 Å². The van der Waals surface area contributed by atoms with Crippen molar-refractivity contribution in [1.82, 2.24) is 42.5 Å². The highest BCUT2D eigenvalue weighted by Crippen LogP contribution is 2.32. The number of nitrogens with one attached hydrogen (secondary N) is 8. The maximum Gasteiger partial charge on any atom is 0.437 e. The van der Waals surface area contributed by atoms with Crippen LogP contribution in [0.1, 0.15) is 121 Å². The van der Waals surface area contributed by atoms with Crippen LogP contribution in [-0.4, -0.2) is 47.7 Å². The Morgan fingerprint density at radius 1 is 0.302 bits per heavy atom. The fraction of sp³-hybridized carbons (Fsp3) is 0.128. The molecule has 1 heterocycles. The van der Waals surface area contributed by atoms with E-state index >= 15 is 0 Å². The molecule has 0 unspecified atom stereocenters. The van der Waals surface area contributed by atoms with E-state index in [2.05, 4.69) is 52.5 Å². The molecule has 18 nitrogen and oxygen atoms in total. The molecule has 10 aromatic rings. The lowest BCUT2D eigenvalue weighted by molar-refractivity contribution is 0.0881. The smallest absolute Gasteiger partial charge is 0.437 e. The molecule has 1 aliphatic heterocycles. The number of benzene rings is 10. The summed E-state index contributed by atoms with van der Waals surface area (Å²) in [6.07, 6.45) is -1.73. The van der Waals surface area contributed by atoms with Gasteiger partial charge < -0.3 is 52.0 Å². The van der Waals surface area contributed by atoms with E-state index < -0.39 is 60.0 Å². The lowest BCUT2D eigenvalue weighted by atomic mass is 9.92. The molecule has 0 radical (unpaired) electrons. The minimum absolute atomic E-state index is 0.0206. The minimum Gasteiger partial charge on any atom is -0.443 e. The number of nitrogens with zero attached hydrogens (tertiary/aromatic N) is 2. The van der Waals surface area contributed by atoms with Gasteiger partial charge in [-0.05, 0) is 104 Å². The molecule has 0 aromatic heterocycles. The Kier molecular flexibility index (Phi) is 22.2. The quantitative estimate of drug-likeness (QED) is 0.0709. The van der Waals surface area contributed by atoms with Crippen LogP contribution in [0.15, 0.2) is 289 Å². The number of amides is 6. The van der Waals surface area contributed by atoms with Crippen molar-refractivity contribution in [2.24, 2.45) is 9.98 Å². The first kappa shape index (κ1) is 65.1. The van der Waals surface area contributed by atoms with Crippen LogP contribution in [0.25, 0.3) is 0 Å². The van der Waals surface area contributed by atoms with Crippen molar-refractivity contribution in [3.63, 3.8) is 0 Å². The summed E-state index contributed by atoms with van der Waals surface area (Å²) in [5.41, 5.74) is 8.34.